The van der Waals surface area contributed by atoms with Crippen LogP contribution in [0.15, 0.2) is 54.6 Å². The second-order valence-corrected chi connectivity index (χ2v) is 6.26. The van der Waals surface area contributed by atoms with Crippen molar-refractivity contribution in [2.45, 2.75) is 18.8 Å². The number of likely N-dealkylation sites (N-methyl/N-ethyl adjacent to an activating group) is 1. The molecule has 0 radical (unpaired) electrons. The molecule has 3 rings (SSSR count). The fraction of sp³-hybridized carbons (Fsp3) is 0.368. The molecular formula is C19H24N2. The molecule has 1 aliphatic rings. The third kappa shape index (κ3) is 2.81. The van der Waals surface area contributed by atoms with E-state index in [1.54, 1.807) is 0 Å². The summed E-state index contributed by atoms with van der Waals surface area (Å²) >= 11 is 0. The van der Waals surface area contributed by atoms with Crippen molar-refractivity contribution in [2.75, 3.05) is 31.6 Å². The molecular weight excluding hydrogens is 256 g/mol. The molecule has 0 aliphatic carbocycles. The van der Waals surface area contributed by atoms with Crippen LogP contribution in [0.25, 0.3) is 0 Å². The lowest BCUT2D eigenvalue weighted by molar-refractivity contribution is 0.446. The van der Waals surface area contributed by atoms with Crippen LogP contribution in [0.2, 0.25) is 0 Å². The van der Waals surface area contributed by atoms with Crippen molar-refractivity contribution in [3.05, 3.63) is 65.7 Å². The van der Waals surface area contributed by atoms with Crippen LogP contribution >= 0.6 is 0 Å². The normalized spacial score (nSPS) is 16.6. The molecule has 1 aliphatic heterocycles. The summed E-state index contributed by atoms with van der Waals surface area (Å²) in [4.78, 5) is 2.54. The number of para-hydroxylation sites is 1. The van der Waals surface area contributed by atoms with Crippen LogP contribution in [0.1, 0.15) is 18.1 Å². The number of rotatable bonds is 5. The predicted molar refractivity (Wildman–Crippen MR) is 90.1 cm³/mol. The van der Waals surface area contributed by atoms with Crippen LogP contribution in [0.4, 0.5) is 5.69 Å². The van der Waals surface area contributed by atoms with Gasteiger partial charge in [0.25, 0.3) is 0 Å². The van der Waals surface area contributed by atoms with Gasteiger partial charge in [0.05, 0.1) is 0 Å². The Labute approximate surface area is 127 Å². The van der Waals surface area contributed by atoms with Crippen LogP contribution in [0.3, 0.4) is 0 Å². The average molecular weight is 280 g/mol. The van der Waals surface area contributed by atoms with Crippen LogP contribution in [-0.4, -0.2) is 26.7 Å². The maximum atomic E-state index is 3.38. The molecule has 2 nitrogen and oxygen atoms in total. The first-order valence-electron chi connectivity index (χ1n) is 7.76. The van der Waals surface area contributed by atoms with E-state index in [4.69, 9.17) is 0 Å². The molecule has 0 bridgehead atoms. The topological polar surface area (TPSA) is 15.3 Å². The molecule has 0 saturated heterocycles. The molecule has 2 aromatic rings. The van der Waals surface area contributed by atoms with E-state index in [2.05, 4.69) is 71.7 Å². The molecule has 1 unspecified atom stereocenters. The minimum absolute atomic E-state index is 0.119. The summed E-state index contributed by atoms with van der Waals surface area (Å²) in [6.07, 6.45) is 1.17. The highest BCUT2D eigenvalue weighted by Crippen LogP contribution is 2.32. The van der Waals surface area contributed by atoms with Crippen LogP contribution in [0.5, 0.6) is 0 Å². The van der Waals surface area contributed by atoms with E-state index < -0.39 is 0 Å². The highest BCUT2D eigenvalue weighted by molar-refractivity contribution is 5.58. The molecule has 2 aromatic carbocycles. The molecule has 0 aromatic heterocycles. The largest absolute Gasteiger partial charge is 0.370 e. The Morgan fingerprint density at radius 3 is 2.52 bits per heavy atom. The van der Waals surface area contributed by atoms with Gasteiger partial charge in [0.15, 0.2) is 0 Å². The monoisotopic (exact) mass is 280 g/mol. The number of benzene rings is 2. The van der Waals surface area contributed by atoms with Crippen molar-refractivity contribution in [2.24, 2.45) is 0 Å². The van der Waals surface area contributed by atoms with Crippen LogP contribution in [-0.2, 0) is 11.8 Å². The van der Waals surface area contributed by atoms with Gasteiger partial charge in [-0.3, -0.25) is 0 Å². The lowest BCUT2D eigenvalue weighted by Gasteiger charge is -2.35. The molecule has 1 heterocycles. The summed E-state index contributed by atoms with van der Waals surface area (Å²) in [5.74, 6) is 0. The third-order valence-electron chi connectivity index (χ3n) is 4.56. The second-order valence-electron chi connectivity index (χ2n) is 6.26. The van der Waals surface area contributed by atoms with Gasteiger partial charge in [0, 0.05) is 30.7 Å². The molecule has 110 valence electrons. The van der Waals surface area contributed by atoms with E-state index in [-0.39, 0.29) is 5.41 Å². The molecule has 1 N–H and O–H groups in total. The van der Waals surface area contributed by atoms with Crippen molar-refractivity contribution in [1.82, 2.24) is 5.32 Å². The zero-order valence-corrected chi connectivity index (χ0v) is 13.0. The SMILES string of the molecule is CNCC(C)(CN1CCc2ccccc21)c1ccccc1. The second kappa shape index (κ2) is 5.90. The molecule has 0 amide bonds. The fourth-order valence-corrected chi connectivity index (χ4v) is 3.47. The Hall–Kier alpha value is -1.80. The maximum Gasteiger partial charge on any atom is 0.0399 e. The molecule has 2 heteroatoms. The number of nitrogens with one attached hydrogen (secondary N) is 1. The standard InChI is InChI=1S/C19H24N2/c1-19(14-20-2,17-9-4-3-5-10-17)15-21-13-12-16-8-6-7-11-18(16)21/h3-11,20H,12-15H2,1-2H3. The minimum Gasteiger partial charge on any atom is -0.370 e. The first-order valence-corrected chi connectivity index (χ1v) is 7.76. The van der Waals surface area contributed by atoms with Crippen molar-refractivity contribution in [3.63, 3.8) is 0 Å². The minimum atomic E-state index is 0.119. The van der Waals surface area contributed by atoms with Gasteiger partial charge in [-0.2, -0.15) is 0 Å². The molecule has 1 atom stereocenters. The summed E-state index contributed by atoms with van der Waals surface area (Å²) in [7, 11) is 2.04. The van der Waals surface area contributed by atoms with Gasteiger partial charge >= 0.3 is 0 Å². The maximum absolute atomic E-state index is 3.38. The molecule has 0 fully saturated rings. The van der Waals surface area contributed by atoms with E-state index in [1.807, 2.05) is 7.05 Å². The number of hydrogen-bond donors (Lipinski definition) is 1. The van der Waals surface area contributed by atoms with Crippen LogP contribution in [0, 0.1) is 0 Å². The van der Waals surface area contributed by atoms with Gasteiger partial charge in [-0.1, -0.05) is 55.5 Å². The summed E-state index contributed by atoms with van der Waals surface area (Å²) in [6.45, 7) is 5.52. The Bertz CT molecular complexity index is 594. The van der Waals surface area contributed by atoms with E-state index >= 15 is 0 Å². The van der Waals surface area contributed by atoms with Crippen molar-refractivity contribution in [3.8, 4) is 0 Å². The Kier molecular flexibility index (Phi) is 3.98. The van der Waals surface area contributed by atoms with Crippen LogP contribution < -0.4 is 10.2 Å². The lowest BCUT2D eigenvalue weighted by Crippen LogP contribution is -2.44. The van der Waals surface area contributed by atoms with E-state index in [1.165, 1.54) is 23.2 Å². The van der Waals surface area contributed by atoms with Gasteiger partial charge in [-0.25, -0.2) is 0 Å². The molecule has 0 saturated carbocycles. The smallest absolute Gasteiger partial charge is 0.0399 e. The summed E-state index contributed by atoms with van der Waals surface area (Å²) < 4.78 is 0. The summed E-state index contributed by atoms with van der Waals surface area (Å²) in [5, 5.41) is 3.38. The van der Waals surface area contributed by atoms with E-state index in [0.717, 1.165) is 19.6 Å². The lowest BCUT2D eigenvalue weighted by atomic mass is 9.81. The van der Waals surface area contributed by atoms with Crippen molar-refractivity contribution < 1.29 is 0 Å². The van der Waals surface area contributed by atoms with E-state index in [0.29, 0.717) is 0 Å². The number of nitrogens with zero attached hydrogens (tertiary/aromatic N) is 1. The zero-order chi connectivity index (χ0) is 14.7. The highest BCUT2D eigenvalue weighted by Gasteiger charge is 2.31. The van der Waals surface area contributed by atoms with Gasteiger partial charge in [0.2, 0.25) is 0 Å². The number of fused-ring (bicyclic) bond motifs is 1. The van der Waals surface area contributed by atoms with Gasteiger partial charge in [-0.15, -0.1) is 0 Å². The highest BCUT2D eigenvalue weighted by atomic mass is 15.2. The van der Waals surface area contributed by atoms with Crippen molar-refractivity contribution in [1.29, 1.82) is 0 Å². The Morgan fingerprint density at radius 2 is 1.76 bits per heavy atom. The van der Waals surface area contributed by atoms with Gasteiger partial charge < -0.3 is 10.2 Å². The number of hydrogen-bond acceptors (Lipinski definition) is 2. The average Bonchev–Trinajstić information content (AvgIpc) is 2.92. The Morgan fingerprint density at radius 1 is 1.05 bits per heavy atom. The molecule has 0 spiro atoms. The van der Waals surface area contributed by atoms with Gasteiger partial charge in [-0.05, 0) is 30.7 Å². The molecule has 21 heavy (non-hydrogen) atoms. The third-order valence-corrected chi connectivity index (χ3v) is 4.56. The Balaban J connectivity index is 1.87. The summed E-state index contributed by atoms with van der Waals surface area (Å²) in [6, 6.07) is 19.7. The van der Waals surface area contributed by atoms with Gasteiger partial charge in [0.1, 0.15) is 0 Å². The fourth-order valence-electron chi connectivity index (χ4n) is 3.47. The zero-order valence-electron chi connectivity index (χ0n) is 13.0. The van der Waals surface area contributed by atoms with E-state index in [9.17, 15) is 0 Å². The quantitative estimate of drug-likeness (QED) is 0.904. The predicted octanol–water partition coefficient (Wildman–Crippen LogP) is 3.23. The summed E-state index contributed by atoms with van der Waals surface area (Å²) in [5.41, 5.74) is 4.42. The first-order chi connectivity index (χ1) is 10.2. The first kappa shape index (κ1) is 14.2. The van der Waals surface area contributed by atoms with Crippen molar-refractivity contribution >= 4 is 5.69 Å². The number of anilines is 1.